The highest BCUT2D eigenvalue weighted by Crippen LogP contribution is 2.32. The van der Waals surface area contributed by atoms with Crippen LogP contribution < -0.4 is 10.6 Å². The number of ether oxygens (including phenoxy) is 1. The molecule has 1 aliphatic rings. The number of aliphatic hydroxyl groups excluding tert-OH is 2. The van der Waals surface area contributed by atoms with Crippen molar-refractivity contribution in [3.8, 4) is 0 Å². The van der Waals surface area contributed by atoms with E-state index in [9.17, 15) is 15.0 Å². The lowest BCUT2D eigenvalue weighted by molar-refractivity contribution is -0.137. The normalized spacial score (nSPS) is 24.0. The Morgan fingerprint density at radius 1 is 1.28 bits per heavy atom. The summed E-state index contributed by atoms with van der Waals surface area (Å²) in [4.78, 5) is 24.7. The number of benzene rings is 1. The van der Waals surface area contributed by atoms with Crippen molar-refractivity contribution in [3.05, 3.63) is 46.1 Å². The fourth-order valence-electron chi connectivity index (χ4n) is 3.25. The third kappa shape index (κ3) is 3.77. The van der Waals surface area contributed by atoms with Gasteiger partial charge >= 0.3 is 0 Å². The molecule has 0 saturated carbocycles. The predicted molar refractivity (Wildman–Crippen MR) is 112 cm³/mol. The first-order valence-electron chi connectivity index (χ1n) is 8.88. The van der Waals surface area contributed by atoms with Gasteiger partial charge in [-0.05, 0) is 40.3 Å². The zero-order chi connectivity index (χ0) is 20.5. The molecule has 0 spiro atoms. The third-order valence-electron chi connectivity index (χ3n) is 4.73. The Kier molecular flexibility index (Phi) is 5.63. The highest BCUT2D eigenvalue weighted by Gasteiger charge is 2.47. The van der Waals surface area contributed by atoms with Gasteiger partial charge in [-0.25, -0.2) is 15.0 Å². The zero-order valence-electron chi connectivity index (χ0n) is 15.4. The number of halogens is 1. The number of nitrogens with one attached hydrogen (secondary N) is 2. The van der Waals surface area contributed by atoms with Crippen LogP contribution in [0.2, 0.25) is 0 Å². The van der Waals surface area contributed by atoms with E-state index in [1.807, 2.05) is 18.2 Å². The summed E-state index contributed by atoms with van der Waals surface area (Å²) in [7, 11) is 1.43. The van der Waals surface area contributed by atoms with Crippen LogP contribution in [-0.2, 0) is 16.1 Å². The number of aromatic nitrogens is 4. The maximum Gasteiger partial charge on any atom is 0.251 e. The Balaban J connectivity index is 1.60. The molecule has 152 valence electrons. The van der Waals surface area contributed by atoms with E-state index in [0.29, 0.717) is 23.5 Å². The average Bonchev–Trinajstić information content (AvgIpc) is 3.28. The number of anilines is 1. The van der Waals surface area contributed by atoms with Crippen molar-refractivity contribution in [1.29, 1.82) is 0 Å². The fourth-order valence-corrected chi connectivity index (χ4v) is 3.86. The Bertz CT molecular complexity index is 1040. The van der Waals surface area contributed by atoms with Crippen LogP contribution in [0.5, 0.6) is 0 Å². The summed E-state index contributed by atoms with van der Waals surface area (Å²) in [5.41, 5.74) is 2.00. The van der Waals surface area contributed by atoms with Crippen LogP contribution in [0.4, 0.5) is 5.82 Å². The Labute approximate surface area is 179 Å². The van der Waals surface area contributed by atoms with E-state index in [1.165, 1.54) is 24.3 Å². The van der Waals surface area contributed by atoms with Crippen molar-refractivity contribution in [2.45, 2.75) is 31.1 Å². The second-order valence-electron chi connectivity index (χ2n) is 6.57. The van der Waals surface area contributed by atoms with E-state index in [0.717, 1.165) is 9.13 Å². The summed E-state index contributed by atoms with van der Waals surface area (Å²) in [5, 5.41) is 26.2. The number of hydrogen-bond donors (Lipinski definition) is 4. The van der Waals surface area contributed by atoms with Crippen LogP contribution >= 0.6 is 22.6 Å². The van der Waals surface area contributed by atoms with Gasteiger partial charge in [0.25, 0.3) is 5.91 Å². The van der Waals surface area contributed by atoms with Crippen molar-refractivity contribution in [3.63, 3.8) is 0 Å². The number of aliphatic hydroxyl groups is 2. The lowest BCUT2D eigenvalue weighted by Gasteiger charge is -2.16. The molecule has 29 heavy (non-hydrogen) atoms. The summed E-state index contributed by atoms with van der Waals surface area (Å²) in [5.74, 6) is 0.0152. The van der Waals surface area contributed by atoms with Crippen LogP contribution in [0.3, 0.4) is 0 Å². The number of carbonyl (C=O) groups excluding carboxylic acids is 1. The topological polar surface area (TPSA) is 134 Å². The summed E-state index contributed by atoms with van der Waals surface area (Å²) < 4.78 is 8.23. The van der Waals surface area contributed by atoms with Gasteiger partial charge in [-0.3, -0.25) is 9.36 Å². The van der Waals surface area contributed by atoms with Crippen LogP contribution in [0.25, 0.3) is 11.2 Å². The Hall–Kier alpha value is -2.35. The van der Waals surface area contributed by atoms with Gasteiger partial charge in [0.1, 0.15) is 18.5 Å². The standard InChI is InChI=1S/C18H19IN6O4/c1-20-17(28)14-12(26)13(27)18(29-14)25-8-24-11-15(22-7-23-16(11)25)21-6-9-3-2-4-10(19)5-9/h2-5,7-8,12-14,18,26-27H,6H2,1H3,(H,20,28)(H,21,22,23)/t12-,13-,14?,18-/m1/s1. The summed E-state index contributed by atoms with van der Waals surface area (Å²) >= 11 is 2.26. The smallest absolute Gasteiger partial charge is 0.251 e. The van der Waals surface area contributed by atoms with Crippen molar-refractivity contribution in [1.82, 2.24) is 24.8 Å². The van der Waals surface area contributed by atoms with Gasteiger partial charge in [-0.15, -0.1) is 0 Å². The highest BCUT2D eigenvalue weighted by molar-refractivity contribution is 14.1. The van der Waals surface area contributed by atoms with Crippen molar-refractivity contribution >= 4 is 45.5 Å². The quantitative estimate of drug-likeness (QED) is 0.363. The van der Waals surface area contributed by atoms with Gasteiger partial charge in [-0.2, -0.15) is 0 Å². The number of hydrogen-bond acceptors (Lipinski definition) is 8. The lowest BCUT2D eigenvalue weighted by atomic mass is 10.1. The zero-order valence-corrected chi connectivity index (χ0v) is 17.5. The molecule has 4 N–H and O–H groups in total. The molecule has 0 bridgehead atoms. The van der Waals surface area contributed by atoms with E-state index in [4.69, 9.17) is 4.74 Å². The largest absolute Gasteiger partial charge is 0.387 e. The van der Waals surface area contributed by atoms with Gasteiger partial charge in [0.05, 0.1) is 6.33 Å². The molecule has 10 nitrogen and oxygen atoms in total. The summed E-state index contributed by atoms with van der Waals surface area (Å²) in [6.07, 6.45) is -2.04. The molecule has 4 rings (SSSR count). The van der Waals surface area contributed by atoms with E-state index in [1.54, 1.807) is 0 Å². The number of carbonyl (C=O) groups is 1. The Morgan fingerprint density at radius 3 is 2.86 bits per heavy atom. The molecule has 1 aliphatic heterocycles. The SMILES string of the molecule is CNC(=O)C1O[C@@H](n2cnc3c(NCc4cccc(I)c4)ncnc32)[C@H](O)[C@H]1O. The fraction of sp³-hybridized carbons (Fsp3) is 0.333. The van der Waals surface area contributed by atoms with E-state index >= 15 is 0 Å². The van der Waals surface area contributed by atoms with Gasteiger partial charge in [0, 0.05) is 17.2 Å². The molecule has 0 radical (unpaired) electrons. The van der Waals surface area contributed by atoms with Crippen molar-refractivity contribution in [2.24, 2.45) is 0 Å². The molecule has 1 fully saturated rings. The van der Waals surface area contributed by atoms with Crippen LogP contribution in [0.15, 0.2) is 36.9 Å². The minimum Gasteiger partial charge on any atom is -0.387 e. The highest BCUT2D eigenvalue weighted by atomic mass is 127. The number of likely N-dealkylation sites (N-methyl/N-ethyl adjacent to an activating group) is 1. The molecule has 3 heterocycles. The molecule has 1 aromatic carbocycles. The minimum atomic E-state index is -1.36. The second-order valence-corrected chi connectivity index (χ2v) is 7.82. The number of fused-ring (bicyclic) bond motifs is 1. The first-order valence-corrected chi connectivity index (χ1v) is 9.96. The van der Waals surface area contributed by atoms with E-state index in [-0.39, 0.29) is 0 Å². The molecule has 2 aromatic heterocycles. The lowest BCUT2D eigenvalue weighted by Crippen LogP contribution is -2.41. The van der Waals surface area contributed by atoms with Crippen molar-refractivity contribution in [2.75, 3.05) is 12.4 Å². The molecule has 1 amide bonds. The first-order chi connectivity index (χ1) is 14.0. The summed E-state index contributed by atoms with van der Waals surface area (Å²) in [6.45, 7) is 0.551. The summed E-state index contributed by atoms with van der Waals surface area (Å²) in [6, 6.07) is 8.07. The minimum absolute atomic E-state index is 0.416. The number of amides is 1. The average molecular weight is 510 g/mol. The molecule has 0 aliphatic carbocycles. The molecule has 4 atom stereocenters. The molecule has 1 unspecified atom stereocenters. The van der Waals surface area contributed by atoms with Crippen LogP contribution in [0, 0.1) is 3.57 Å². The third-order valence-corrected chi connectivity index (χ3v) is 5.40. The van der Waals surface area contributed by atoms with E-state index < -0.39 is 30.4 Å². The molecule has 3 aromatic rings. The molecular weight excluding hydrogens is 491 g/mol. The maximum atomic E-state index is 11.9. The first kappa shape index (κ1) is 19.9. The van der Waals surface area contributed by atoms with Gasteiger partial charge < -0.3 is 25.6 Å². The molecule has 1 saturated heterocycles. The van der Waals surface area contributed by atoms with Gasteiger partial charge in [0.15, 0.2) is 29.3 Å². The van der Waals surface area contributed by atoms with Crippen LogP contribution in [0.1, 0.15) is 11.8 Å². The maximum absolute atomic E-state index is 11.9. The number of nitrogens with zero attached hydrogens (tertiary/aromatic N) is 4. The molecule has 11 heteroatoms. The van der Waals surface area contributed by atoms with E-state index in [2.05, 4.69) is 54.2 Å². The van der Waals surface area contributed by atoms with Gasteiger partial charge in [0.2, 0.25) is 0 Å². The number of imidazole rings is 1. The predicted octanol–water partition coefficient (Wildman–Crippen LogP) is 0.408. The molecular formula is C18H19IN6O4. The van der Waals surface area contributed by atoms with Gasteiger partial charge in [-0.1, -0.05) is 12.1 Å². The van der Waals surface area contributed by atoms with Crippen LogP contribution in [-0.4, -0.2) is 61.0 Å². The number of rotatable bonds is 5. The second kappa shape index (κ2) is 8.18. The monoisotopic (exact) mass is 510 g/mol. The Morgan fingerprint density at radius 2 is 2.10 bits per heavy atom. The van der Waals surface area contributed by atoms with Crippen molar-refractivity contribution < 1.29 is 19.7 Å².